The summed E-state index contributed by atoms with van der Waals surface area (Å²) in [6, 6.07) is 4.96. The molecule has 1 fully saturated rings. The van der Waals surface area contributed by atoms with Gasteiger partial charge in [-0.1, -0.05) is 13.5 Å². The lowest BCUT2D eigenvalue weighted by Crippen LogP contribution is -2.24. The highest BCUT2D eigenvalue weighted by atomic mass is 16.5. The van der Waals surface area contributed by atoms with Crippen molar-refractivity contribution in [1.82, 2.24) is 15.0 Å². The maximum atomic E-state index is 6.42. The minimum Gasteiger partial charge on any atom is -0.425 e. The SMILES string of the molecule is C=C/C(=C\C)Oc1nc(CCC2CC(C)CC2N)c2c(n1)[nH]c1c(NC)cc(C)cc12. The summed E-state index contributed by atoms with van der Waals surface area (Å²) in [5, 5.41) is 5.51. The molecule has 2 aromatic heterocycles. The number of nitrogens with one attached hydrogen (secondary N) is 2. The zero-order chi connectivity index (χ0) is 22.1. The van der Waals surface area contributed by atoms with E-state index in [1.807, 2.05) is 20.0 Å². The summed E-state index contributed by atoms with van der Waals surface area (Å²) in [5.41, 5.74) is 11.5. The van der Waals surface area contributed by atoms with E-state index in [1.54, 1.807) is 6.08 Å². The quantitative estimate of drug-likeness (QED) is 0.360. The van der Waals surface area contributed by atoms with Crippen molar-refractivity contribution in [2.24, 2.45) is 17.6 Å². The fourth-order valence-corrected chi connectivity index (χ4v) is 4.94. The first-order valence-corrected chi connectivity index (χ1v) is 11.2. The fraction of sp³-hybridized carbons (Fsp3) is 0.440. The molecule has 6 heteroatoms. The molecule has 0 amide bonds. The van der Waals surface area contributed by atoms with Crippen LogP contribution in [-0.2, 0) is 6.42 Å². The van der Waals surface area contributed by atoms with Gasteiger partial charge in [-0.3, -0.25) is 0 Å². The smallest absolute Gasteiger partial charge is 0.324 e. The number of hydrogen-bond donors (Lipinski definition) is 3. The second kappa shape index (κ2) is 8.71. The minimum atomic E-state index is 0.277. The van der Waals surface area contributed by atoms with E-state index in [0.29, 0.717) is 23.6 Å². The number of H-pyrrole nitrogens is 1. The summed E-state index contributed by atoms with van der Waals surface area (Å²) < 4.78 is 5.91. The van der Waals surface area contributed by atoms with Crippen LogP contribution in [0.4, 0.5) is 5.69 Å². The Bertz CT molecular complexity index is 1150. The number of anilines is 1. The molecule has 4 rings (SSSR count). The molecule has 0 bridgehead atoms. The van der Waals surface area contributed by atoms with Gasteiger partial charge in [0.2, 0.25) is 0 Å². The Hall–Kier alpha value is -2.86. The Morgan fingerprint density at radius 1 is 1.35 bits per heavy atom. The van der Waals surface area contributed by atoms with Gasteiger partial charge < -0.3 is 20.8 Å². The van der Waals surface area contributed by atoms with Gasteiger partial charge in [0.15, 0.2) is 0 Å². The first kappa shape index (κ1) is 21.4. The molecule has 0 radical (unpaired) electrons. The van der Waals surface area contributed by atoms with Crippen molar-refractivity contribution in [2.45, 2.75) is 52.5 Å². The van der Waals surface area contributed by atoms with Crippen LogP contribution in [-0.4, -0.2) is 28.0 Å². The number of nitrogens with two attached hydrogens (primary N) is 1. The average Bonchev–Trinajstić information content (AvgIpc) is 3.28. The molecule has 3 aromatic rings. The van der Waals surface area contributed by atoms with Gasteiger partial charge in [-0.2, -0.15) is 9.97 Å². The number of fused-ring (bicyclic) bond motifs is 3. The van der Waals surface area contributed by atoms with E-state index in [0.717, 1.165) is 52.6 Å². The first-order valence-electron chi connectivity index (χ1n) is 11.2. The number of aryl methyl sites for hydroxylation is 2. The Balaban J connectivity index is 1.82. The monoisotopic (exact) mass is 419 g/mol. The van der Waals surface area contributed by atoms with Crippen LogP contribution >= 0.6 is 0 Å². The van der Waals surface area contributed by atoms with Crippen molar-refractivity contribution in [3.05, 3.63) is 47.9 Å². The van der Waals surface area contributed by atoms with Gasteiger partial charge in [0.1, 0.15) is 11.4 Å². The summed E-state index contributed by atoms with van der Waals surface area (Å²) in [7, 11) is 1.94. The third-order valence-electron chi connectivity index (χ3n) is 6.46. The van der Waals surface area contributed by atoms with E-state index >= 15 is 0 Å². The molecule has 4 N–H and O–H groups in total. The molecule has 0 aliphatic heterocycles. The summed E-state index contributed by atoms with van der Waals surface area (Å²) in [6.07, 6.45) is 7.68. The predicted molar refractivity (Wildman–Crippen MR) is 128 cm³/mol. The first-order chi connectivity index (χ1) is 14.9. The van der Waals surface area contributed by atoms with Crippen LogP contribution in [0.25, 0.3) is 21.9 Å². The zero-order valence-corrected chi connectivity index (χ0v) is 19.0. The van der Waals surface area contributed by atoms with Crippen LogP contribution in [0.1, 0.15) is 44.4 Å². The third-order valence-corrected chi connectivity index (χ3v) is 6.46. The van der Waals surface area contributed by atoms with Crippen molar-refractivity contribution in [2.75, 3.05) is 12.4 Å². The Morgan fingerprint density at radius 2 is 2.16 bits per heavy atom. The number of allylic oxidation sites excluding steroid dienone is 2. The van der Waals surface area contributed by atoms with E-state index in [-0.39, 0.29) is 6.04 Å². The molecule has 3 unspecified atom stereocenters. The standard InChI is InChI=1S/C25H33N5O/c1-6-17(7-2)31-25-28-20(9-8-16-10-14(3)12-19(16)26)22-18-11-15(4)13-21(27-5)23(18)29-24(22)30-25/h6-7,11,13-14,16,19,27H,1,8-10,12,26H2,2-5H3,(H,28,29,30)/b17-7+. The summed E-state index contributed by atoms with van der Waals surface area (Å²) in [6.45, 7) is 10.1. The van der Waals surface area contributed by atoms with Crippen molar-refractivity contribution in [1.29, 1.82) is 0 Å². The van der Waals surface area contributed by atoms with Gasteiger partial charge in [-0.05, 0) is 81.2 Å². The molecular formula is C25H33N5O. The highest BCUT2D eigenvalue weighted by Crippen LogP contribution is 2.36. The lowest BCUT2D eigenvalue weighted by Gasteiger charge is -2.15. The highest BCUT2D eigenvalue weighted by molar-refractivity contribution is 6.11. The molecule has 2 heterocycles. The van der Waals surface area contributed by atoms with Gasteiger partial charge in [0.05, 0.1) is 16.9 Å². The van der Waals surface area contributed by atoms with Gasteiger partial charge in [0.25, 0.3) is 0 Å². The molecule has 1 aliphatic rings. The van der Waals surface area contributed by atoms with Gasteiger partial charge in [-0.25, -0.2) is 0 Å². The zero-order valence-electron chi connectivity index (χ0n) is 19.0. The van der Waals surface area contributed by atoms with E-state index in [4.69, 9.17) is 20.4 Å². The van der Waals surface area contributed by atoms with Gasteiger partial charge >= 0.3 is 6.01 Å². The molecule has 1 aliphatic carbocycles. The number of aromatic nitrogens is 3. The van der Waals surface area contributed by atoms with Crippen molar-refractivity contribution in [3.63, 3.8) is 0 Å². The maximum Gasteiger partial charge on any atom is 0.324 e. The number of hydrogen-bond acceptors (Lipinski definition) is 5. The second-order valence-electron chi connectivity index (χ2n) is 8.82. The number of aromatic amines is 1. The summed E-state index contributed by atoms with van der Waals surface area (Å²) in [4.78, 5) is 13.0. The normalized spacial score (nSPS) is 21.7. The number of nitrogens with zero attached hydrogens (tertiary/aromatic N) is 2. The van der Waals surface area contributed by atoms with Gasteiger partial charge in [0, 0.05) is 23.9 Å². The van der Waals surface area contributed by atoms with Crippen LogP contribution < -0.4 is 15.8 Å². The minimum absolute atomic E-state index is 0.277. The number of benzene rings is 1. The van der Waals surface area contributed by atoms with Gasteiger partial charge in [-0.15, -0.1) is 0 Å². The Kier molecular flexibility index (Phi) is 6.01. The number of ether oxygens (including phenoxy) is 1. The number of rotatable bonds is 7. The molecule has 0 saturated heterocycles. The van der Waals surface area contributed by atoms with Crippen molar-refractivity contribution < 1.29 is 4.74 Å². The lowest BCUT2D eigenvalue weighted by molar-refractivity contribution is 0.403. The lowest BCUT2D eigenvalue weighted by atomic mass is 9.95. The molecule has 164 valence electrons. The van der Waals surface area contributed by atoms with Crippen LogP contribution in [0.3, 0.4) is 0 Å². The molecule has 1 saturated carbocycles. The highest BCUT2D eigenvalue weighted by Gasteiger charge is 2.29. The molecule has 3 atom stereocenters. The molecule has 0 spiro atoms. The van der Waals surface area contributed by atoms with E-state index in [2.05, 4.69) is 42.9 Å². The Labute approximate surface area is 184 Å². The van der Waals surface area contributed by atoms with Crippen LogP contribution in [0.2, 0.25) is 0 Å². The van der Waals surface area contributed by atoms with Crippen LogP contribution in [0.15, 0.2) is 36.6 Å². The van der Waals surface area contributed by atoms with Crippen molar-refractivity contribution in [3.8, 4) is 6.01 Å². The van der Waals surface area contributed by atoms with E-state index in [9.17, 15) is 0 Å². The molecule has 31 heavy (non-hydrogen) atoms. The molecular weight excluding hydrogens is 386 g/mol. The maximum absolute atomic E-state index is 6.42. The summed E-state index contributed by atoms with van der Waals surface area (Å²) in [5.74, 6) is 1.87. The third kappa shape index (κ3) is 4.17. The van der Waals surface area contributed by atoms with Crippen LogP contribution in [0.5, 0.6) is 6.01 Å². The van der Waals surface area contributed by atoms with E-state index in [1.165, 1.54) is 12.0 Å². The Morgan fingerprint density at radius 3 is 2.81 bits per heavy atom. The molecule has 1 aromatic carbocycles. The fourth-order valence-electron chi connectivity index (χ4n) is 4.94. The van der Waals surface area contributed by atoms with Crippen molar-refractivity contribution >= 4 is 27.6 Å². The average molecular weight is 420 g/mol. The second-order valence-corrected chi connectivity index (χ2v) is 8.82. The van der Waals surface area contributed by atoms with Crippen LogP contribution in [0, 0.1) is 18.8 Å². The topological polar surface area (TPSA) is 88.8 Å². The largest absolute Gasteiger partial charge is 0.425 e. The van der Waals surface area contributed by atoms with E-state index < -0.39 is 0 Å². The molecule has 6 nitrogen and oxygen atoms in total. The summed E-state index contributed by atoms with van der Waals surface area (Å²) >= 11 is 0. The predicted octanol–water partition coefficient (Wildman–Crippen LogP) is 5.24.